The standard InChI is InChI=1S/C19H25N3O2/c1-15-11-17(21-24-15)12-19(23)20-13-18-9-5-6-10-22(18)14-16-7-3-2-4-8-16/h2-4,7-8,11,18H,5-6,9-10,12-14H2,1H3,(H,20,23). The van der Waals surface area contributed by atoms with E-state index in [0.29, 0.717) is 18.3 Å². The van der Waals surface area contributed by atoms with E-state index in [0.717, 1.165) is 25.3 Å². The van der Waals surface area contributed by atoms with Gasteiger partial charge in [0.05, 0.1) is 12.1 Å². The smallest absolute Gasteiger partial charge is 0.226 e. The molecular formula is C19H25N3O2. The van der Waals surface area contributed by atoms with Gasteiger partial charge in [0.2, 0.25) is 5.91 Å². The van der Waals surface area contributed by atoms with Crippen LogP contribution in [-0.2, 0) is 17.8 Å². The molecule has 1 unspecified atom stereocenters. The molecule has 0 saturated carbocycles. The van der Waals surface area contributed by atoms with E-state index < -0.39 is 0 Å². The Balaban J connectivity index is 1.51. The Morgan fingerprint density at radius 3 is 2.92 bits per heavy atom. The Labute approximate surface area is 143 Å². The van der Waals surface area contributed by atoms with Gasteiger partial charge in [0.15, 0.2) is 0 Å². The molecular weight excluding hydrogens is 302 g/mol. The number of rotatable bonds is 6. The second-order valence-corrected chi connectivity index (χ2v) is 6.52. The first-order chi connectivity index (χ1) is 11.7. The zero-order chi connectivity index (χ0) is 16.8. The summed E-state index contributed by atoms with van der Waals surface area (Å²) in [6.07, 6.45) is 3.88. The number of aromatic nitrogens is 1. The summed E-state index contributed by atoms with van der Waals surface area (Å²) in [5, 5.41) is 6.94. The first kappa shape index (κ1) is 16.7. The number of nitrogens with one attached hydrogen (secondary N) is 1. The summed E-state index contributed by atoms with van der Waals surface area (Å²) in [6, 6.07) is 12.7. The predicted molar refractivity (Wildman–Crippen MR) is 92.4 cm³/mol. The van der Waals surface area contributed by atoms with Crippen molar-refractivity contribution in [3.05, 3.63) is 53.4 Å². The average Bonchev–Trinajstić information content (AvgIpc) is 3.00. The molecule has 3 rings (SSSR count). The molecule has 1 atom stereocenters. The lowest BCUT2D eigenvalue weighted by molar-refractivity contribution is -0.120. The van der Waals surface area contributed by atoms with Crippen LogP contribution in [0.1, 0.15) is 36.3 Å². The normalized spacial score (nSPS) is 18.5. The number of nitrogens with zero attached hydrogens (tertiary/aromatic N) is 2. The van der Waals surface area contributed by atoms with Gasteiger partial charge in [-0.2, -0.15) is 0 Å². The molecule has 1 saturated heterocycles. The van der Waals surface area contributed by atoms with Gasteiger partial charge in [-0.05, 0) is 31.9 Å². The number of piperidine rings is 1. The summed E-state index contributed by atoms with van der Waals surface area (Å²) in [5.41, 5.74) is 2.02. The Kier molecular flexibility index (Phi) is 5.64. The lowest BCUT2D eigenvalue weighted by Crippen LogP contribution is -2.46. The summed E-state index contributed by atoms with van der Waals surface area (Å²) in [7, 11) is 0. The van der Waals surface area contributed by atoms with Gasteiger partial charge in [0.25, 0.3) is 0 Å². The van der Waals surface area contributed by atoms with Crippen molar-refractivity contribution >= 4 is 5.91 Å². The van der Waals surface area contributed by atoms with Crippen LogP contribution in [0, 0.1) is 6.92 Å². The minimum Gasteiger partial charge on any atom is -0.361 e. The summed E-state index contributed by atoms with van der Waals surface area (Å²) < 4.78 is 5.01. The molecule has 0 aliphatic carbocycles. The second kappa shape index (κ2) is 8.11. The fraction of sp³-hybridized carbons (Fsp3) is 0.474. The molecule has 5 heteroatoms. The van der Waals surface area contributed by atoms with Crippen molar-refractivity contribution in [2.45, 2.75) is 45.2 Å². The summed E-state index contributed by atoms with van der Waals surface area (Å²) in [6.45, 7) is 4.57. The maximum Gasteiger partial charge on any atom is 0.226 e. The van der Waals surface area contributed by atoms with E-state index in [4.69, 9.17) is 4.52 Å². The van der Waals surface area contributed by atoms with Crippen LogP contribution in [0.4, 0.5) is 0 Å². The molecule has 1 aromatic carbocycles. The summed E-state index contributed by atoms with van der Waals surface area (Å²) in [5.74, 6) is 0.743. The van der Waals surface area contributed by atoms with E-state index in [1.54, 1.807) is 0 Å². The highest BCUT2D eigenvalue weighted by Crippen LogP contribution is 2.19. The van der Waals surface area contributed by atoms with Crippen molar-refractivity contribution in [3.63, 3.8) is 0 Å². The zero-order valence-electron chi connectivity index (χ0n) is 14.2. The molecule has 2 heterocycles. The lowest BCUT2D eigenvalue weighted by Gasteiger charge is -2.35. The van der Waals surface area contributed by atoms with Crippen LogP contribution in [0.5, 0.6) is 0 Å². The zero-order valence-corrected chi connectivity index (χ0v) is 14.2. The molecule has 1 aliphatic rings. The summed E-state index contributed by atoms with van der Waals surface area (Å²) in [4.78, 5) is 14.6. The van der Waals surface area contributed by atoms with Crippen LogP contribution in [-0.4, -0.2) is 35.1 Å². The maximum atomic E-state index is 12.1. The fourth-order valence-corrected chi connectivity index (χ4v) is 3.28. The van der Waals surface area contributed by atoms with Crippen LogP contribution in [0.15, 0.2) is 40.9 Å². The number of aryl methyl sites for hydroxylation is 1. The van der Waals surface area contributed by atoms with Crippen LogP contribution >= 0.6 is 0 Å². The Bertz CT molecular complexity index is 654. The van der Waals surface area contributed by atoms with E-state index in [-0.39, 0.29) is 12.3 Å². The maximum absolute atomic E-state index is 12.1. The topological polar surface area (TPSA) is 58.4 Å². The quantitative estimate of drug-likeness (QED) is 0.886. The molecule has 1 aromatic heterocycles. The predicted octanol–water partition coefficient (Wildman–Crippen LogP) is 2.70. The van der Waals surface area contributed by atoms with Crippen molar-refractivity contribution < 1.29 is 9.32 Å². The molecule has 0 radical (unpaired) electrons. The SMILES string of the molecule is Cc1cc(CC(=O)NCC2CCCCN2Cc2ccccc2)no1. The Morgan fingerprint density at radius 2 is 2.17 bits per heavy atom. The molecule has 24 heavy (non-hydrogen) atoms. The van der Waals surface area contributed by atoms with E-state index >= 15 is 0 Å². The monoisotopic (exact) mass is 327 g/mol. The van der Waals surface area contributed by atoms with Crippen molar-refractivity contribution in [1.29, 1.82) is 0 Å². The molecule has 1 amide bonds. The highest BCUT2D eigenvalue weighted by Gasteiger charge is 2.23. The first-order valence-corrected chi connectivity index (χ1v) is 8.67. The first-order valence-electron chi connectivity index (χ1n) is 8.67. The number of benzene rings is 1. The van der Waals surface area contributed by atoms with E-state index in [9.17, 15) is 4.79 Å². The van der Waals surface area contributed by atoms with Gasteiger partial charge in [0, 0.05) is 25.2 Å². The van der Waals surface area contributed by atoms with E-state index in [1.165, 1.54) is 18.4 Å². The van der Waals surface area contributed by atoms with Crippen molar-refractivity contribution in [2.75, 3.05) is 13.1 Å². The van der Waals surface area contributed by atoms with Gasteiger partial charge in [-0.3, -0.25) is 9.69 Å². The Hall–Kier alpha value is -2.14. The number of carbonyl (C=O) groups excluding carboxylic acids is 1. The number of hydrogen-bond acceptors (Lipinski definition) is 4. The highest BCUT2D eigenvalue weighted by molar-refractivity contribution is 5.78. The van der Waals surface area contributed by atoms with Crippen molar-refractivity contribution in [2.24, 2.45) is 0 Å². The van der Waals surface area contributed by atoms with Crippen LogP contribution in [0.25, 0.3) is 0 Å². The molecule has 2 aromatic rings. The van der Waals surface area contributed by atoms with Crippen molar-refractivity contribution in [1.82, 2.24) is 15.4 Å². The molecule has 1 N–H and O–H groups in total. The van der Waals surface area contributed by atoms with E-state index in [1.807, 2.05) is 19.1 Å². The minimum absolute atomic E-state index is 0.00790. The fourth-order valence-electron chi connectivity index (χ4n) is 3.28. The second-order valence-electron chi connectivity index (χ2n) is 6.52. The molecule has 0 spiro atoms. The third kappa shape index (κ3) is 4.68. The number of carbonyl (C=O) groups is 1. The molecule has 128 valence electrons. The lowest BCUT2D eigenvalue weighted by atomic mass is 10.0. The Morgan fingerprint density at radius 1 is 1.33 bits per heavy atom. The van der Waals surface area contributed by atoms with E-state index in [2.05, 4.69) is 39.6 Å². The van der Waals surface area contributed by atoms with Gasteiger partial charge in [-0.25, -0.2) is 0 Å². The largest absolute Gasteiger partial charge is 0.361 e. The van der Waals surface area contributed by atoms with Gasteiger partial charge >= 0.3 is 0 Å². The summed E-state index contributed by atoms with van der Waals surface area (Å²) >= 11 is 0. The molecule has 5 nitrogen and oxygen atoms in total. The van der Waals surface area contributed by atoms with Crippen LogP contribution in [0.3, 0.4) is 0 Å². The molecule has 1 aliphatic heterocycles. The number of likely N-dealkylation sites (tertiary alicyclic amines) is 1. The molecule has 0 bridgehead atoms. The van der Waals surface area contributed by atoms with Crippen LogP contribution < -0.4 is 5.32 Å². The third-order valence-electron chi connectivity index (χ3n) is 4.53. The van der Waals surface area contributed by atoms with Gasteiger partial charge in [0.1, 0.15) is 5.76 Å². The van der Waals surface area contributed by atoms with Crippen LogP contribution in [0.2, 0.25) is 0 Å². The third-order valence-corrected chi connectivity index (χ3v) is 4.53. The number of amides is 1. The van der Waals surface area contributed by atoms with Gasteiger partial charge in [-0.1, -0.05) is 41.9 Å². The minimum atomic E-state index is 0.00790. The van der Waals surface area contributed by atoms with Crippen molar-refractivity contribution in [3.8, 4) is 0 Å². The highest BCUT2D eigenvalue weighted by atomic mass is 16.5. The molecule has 1 fully saturated rings. The average molecular weight is 327 g/mol. The number of hydrogen-bond donors (Lipinski definition) is 1. The van der Waals surface area contributed by atoms with Gasteiger partial charge in [-0.15, -0.1) is 0 Å². The van der Waals surface area contributed by atoms with Gasteiger partial charge < -0.3 is 9.84 Å².